The summed E-state index contributed by atoms with van der Waals surface area (Å²) in [6.07, 6.45) is 10.5. The maximum absolute atomic E-state index is 12.8. The van der Waals surface area contributed by atoms with Crippen molar-refractivity contribution in [2.45, 2.75) is 62.4 Å². The minimum Gasteiger partial charge on any atom is -0.349 e. The zero-order valence-electron chi connectivity index (χ0n) is 17.9. The highest BCUT2D eigenvalue weighted by molar-refractivity contribution is 8.00. The molecule has 0 unspecified atom stereocenters. The Kier molecular flexibility index (Phi) is 6.41. The number of benzene rings is 1. The lowest BCUT2D eigenvalue weighted by Crippen LogP contribution is -2.33. The van der Waals surface area contributed by atoms with E-state index in [9.17, 15) is 9.59 Å². The first-order valence-corrected chi connectivity index (χ1v) is 13.1. The van der Waals surface area contributed by atoms with Crippen LogP contribution in [0.1, 0.15) is 59.3 Å². The molecule has 2 aliphatic carbocycles. The number of hydrogen-bond donors (Lipinski definition) is 2. The number of thioether (sulfide) groups is 1. The van der Waals surface area contributed by atoms with Gasteiger partial charge in [0.05, 0.1) is 17.0 Å². The second-order valence-electron chi connectivity index (χ2n) is 8.41. The average molecular weight is 467 g/mol. The zero-order chi connectivity index (χ0) is 21.9. The van der Waals surface area contributed by atoms with Crippen molar-refractivity contribution in [2.75, 3.05) is 11.1 Å². The van der Waals surface area contributed by atoms with E-state index in [1.54, 1.807) is 29.8 Å². The number of rotatable bonds is 6. The molecule has 8 heteroatoms. The lowest BCUT2D eigenvalue weighted by molar-refractivity contribution is -0.113. The summed E-state index contributed by atoms with van der Waals surface area (Å²) in [7, 11) is 0. The first-order chi connectivity index (χ1) is 15.7. The van der Waals surface area contributed by atoms with Crippen LogP contribution in [0.3, 0.4) is 0 Å². The molecule has 0 aliphatic heterocycles. The maximum Gasteiger partial charge on any atom is 0.253 e. The Bertz CT molecular complexity index is 1150. The third-order valence-corrected chi connectivity index (χ3v) is 8.38. The van der Waals surface area contributed by atoms with Gasteiger partial charge in [0, 0.05) is 16.3 Å². The molecular weight excluding hydrogens is 440 g/mol. The number of anilines is 1. The third-order valence-electron chi connectivity index (χ3n) is 6.19. The SMILES string of the molecule is O=C(CSc1ncnc2sc3c(c12)CCCC3)Nc1ccccc1C(=O)NC1CCCC1. The monoisotopic (exact) mass is 466 g/mol. The largest absolute Gasteiger partial charge is 0.349 e. The van der Waals surface area contributed by atoms with Crippen LogP contribution in [-0.4, -0.2) is 33.6 Å². The minimum atomic E-state index is -0.146. The fraction of sp³-hybridized carbons (Fsp3) is 0.417. The smallest absolute Gasteiger partial charge is 0.253 e. The van der Waals surface area contributed by atoms with Gasteiger partial charge in [-0.25, -0.2) is 9.97 Å². The van der Waals surface area contributed by atoms with Crippen LogP contribution in [0.2, 0.25) is 0 Å². The van der Waals surface area contributed by atoms with E-state index in [0.29, 0.717) is 11.3 Å². The molecule has 166 valence electrons. The van der Waals surface area contributed by atoms with Crippen LogP contribution in [0.5, 0.6) is 0 Å². The number of thiophene rings is 1. The van der Waals surface area contributed by atoms with Crippen molar-refractivity contribution in [1.82, 2.24) is 15.3 Å². The molecule has 2 N–H and O–H groups in total. The van der Waals surface area contributed by atoms with Crippen molar-refractivity contribution in [2.24, 2.45) is 0 Å². The molecule has 3 aromatic rings. The summed E-state index contributed by atoms with van der Waals surface area (Å²) in [5.74, 6) is -0.0372. The molecule has 1 aromatic carbocycles. The molecule has 2 aromatic heterocycles. The Morgan fingerprint density at radius 2 is 1.88 bits per heavy atom. The quantitative estimate of drug-likeness (QED) is 0.396. The first-order valence-electron chi connectivity index (χ1n) is 11.3. The first kappa shape index (κ1) is 21.4. The maximum atomic E-state index is 12.8. The Hall–Kier alpha value is -2.45. The van der Waals surface area contributed by atoms with E-state index < -0.39 is 0 Å². The van der Waals surface area contributed by atoms with E-state index >= 15 is 0 Å². The van der Waals surface area contributed by atoms with Gasteiger partial charge >= 0.3 is 0 Å². The summed E-state index contributed by atoms with van der Waals surface area (Å²) in [6, 6.07) is 7.44. The molecule has 0 radical (unpaired) electrons. The van der Waals surface area contributed by atoms with Crippen LogP contribution >= 0.6 is 23.1 Å². The second-order valence-corrected chi connectivity index (χ2v) is 10.5. The van der Waals surface area contributed by atoms with E-state index in [2.05, 4.69) is 20.6 Å². The molecule has 2 amide bonds. The number of hydrogen-bond acceptors (Lipinski definition) is 6. The van der Waals surface area contributed by atoms with Gasteiger partial charge in [-0.1, -0.05) is 36.7 Å². The molecule has 0 spiro atoms. The highest BCUT2D eigenvalue weighted by atomic mass is 32.2. The topological polar surface area (TPSA) is 84.0 Å². The number of aromatic nitrogens is 2. The predicted octanol–water partition coefficient (Wildman–Crippen LogP) is 4.97. The van der Waals surface area contributed by atoms with Gasteiger partial charge in [-0.2, -0.15) is 0 Å². The van der Waals surface area contributed by atoms with E-state index in [-0.39, 0.29) is 23.6 Å². The predicted molar refractivity (Wildman–Crippen MR) is 130 cm³/mol. The number of fused-ring (bicyclic) bond motifs is 3. The van der Waals surface area contributed by atoms with Gasteiger partial charge in [-0.3, -0.25) is 9.59 Å². The average Bonchev–Trinajstić information content (AvgIpc) is 3.45. The molecule has 2 heterocycles. The van der Waals surface area contributed by atoms with E-state index in [4.69, 9.17) is 0 Å². The van der Waals surface area contributed by atoms with E-state index in [0.717, 1.165) is 53.8 Å². The molecule has 1 fully saturated rings. The van der Waals surface area contributed by atoms with Crippen molar-refractivity contribution in [3.8, 4) is 0 Å². The molecule has 5 rings (SSSR count). The Morgan fingerprint density at radius 1 is 1.06 bits per heavy atom. The van der Waals surface area contributed by atoms with Gasteiger partial charge in [0.2, 0.25) is 5.91 Å². The van der Waals surface area contributed by atoms with Crippen LogP contribution in [0.4, 0.5) is 5.69 Å². The molecule has 32 heavy (non-hydrogen) atoms. The molecule has 6 nitrogen and oxygen atoms in total. The van der Waals surface area contributed by atoms with Gasteiger partial charge in [0.25, 0.3) is 5.91 Å². The van der Waals surface area contributed by atoms with Gasteiger partial charge < -0.3 is 10.6 Å². The third kappa shape index (κ3) is 4.52. The number of carbonyl (C=O) groups is 2. The van der Waals surface area contributed by atoms with Crippen molar-refractivity contribution < 1.29 is 9.59 Å². The van der Waals surface area contributed by atoms with Gasteiger partial charge in [0.1, 0.15) is 16.2 Å². The Balaban J connectivity index is 1.27. The molecule has 2 aliphatic rings. The number of carbonyl (C=O) groups excluding carboxylic acids is 2. The van der Waals surface area contributed by atoms with Crippen LogP contribution in [0, 0.1) is 0 Å². The van der Waals surface area contributed by atoms with Crippen LogP contribution in [-0.2, 0) is 17.6 Å². The summed E-state index contributed by atoms with van der Waals surface area (Å²) in [5.41, 5.74) is 2.43. The number of para-hydroxylation sites is 1. The number of aryl methyl sites for hydroxylation is 2. The minimum absolute atomic E-state index is 0.122. The second kappa shape index (κ2) is 9.58. The van der Waals surface area contributed by atoms with Crippen molar-refractivity contribution in [3.63, 3.8) is 0 Å². The van der Waals surface area contributed by atoms with Crippen LogP contribution in [0.15, 0.2) is 35.6 Å². The Labute approximate surface area is 195 Å². The van der Waals surface area contributed by atoms with Gasteiger partial charge in [-0.15, -0.1) is 11.3 Å². The molecule has 0 saturated heterocycles. The van der Waals surface area contributed by atoms with Gasteiger partial charge in [-0.05, 0) is 56.2 Å². The number of nitrogens with zero attached hydrogens (tertiary/aromatic N) is 2. The van der Waals surface area contributed by atoms with Crippen molar-refractivity contribution in [1.29, 1.82) is 0 Å². The fourth-order valence-corrected chi connectivity index (χ4v) is 6.73. The van der Waals surface area contributed by atoms with Crippen LogP contribution in [0.25, 0.3) is 10.2 Å². The van der Waals surface area contributed by atoms with Crippen LogP contribution < -0.4 is 10.6 Å². The van der Waals surface area contributed by atoms with E-state index in [1.807, 2.05) is 12.1 Å². The summed E-state index contributed by atoms with van der Waals surface area (Å²) in [6.45, 7) is 0. The molecular formula is C24H26N4O2S2. The lowest BCUT2D eigenvalue weighted by atomic mass is 9.97. The molecule has 1 saturated carbocycles. The van der Waals surface area contributed by atoms with Crippen molar-refractivity contribution in [3.05, 3.63) is 46.6 Å². The number of amides is 2. The zero-order valence-corrected chi connectivity index (χ0v) is 19.5. The summed E-state index contributed by atoms with van der Waals surface area (Å²) in [5, 5.41) is 8.03. The van der Waals surface area contributed by atoms with Crippen molar-refractivity contribution >= 4 is 50.8 Å². The van der Waals surface area contributed by atoms with E-state index in [1.165, 1.54) is 35.0 Å². The highest BCUT2D eigenvalue weighted by Crippen LogP contribution is 2.39. The molecule has 0 atom stereocenters. The lowest BCUT2D eigenvalue weighted by Gasteiger charge is -2.15. The highest BCUT2D eigenvalue weighted by Gasteiger charge is 2.22. The number of nitrogens with one attached hydrogen (secondary N) is 2. The normalized spacial score (nSPS) is 16.1. The summed E-state index contributed by atoms with van der Waals surface area (Å²) in [4.78, 5) is 36.9. The standard InChI is InChI=1S/C24H26N4O2S2/c29-20(28-18-11-5-3-9-16(18)22(30)27-15-7-1-2-8-15)13-31-23-21-17-10-4-6-12-19(17)32-24(21)26-14-25-23/h3,5,9,11,14-15H,1-2,4,6-8,10,12-13H2,(H,27,30)(H,28,29). The summed E-state index contributed by atoms with van der Waals surface area (Å²) >= 11 is 3.20. The Morgan fingerprint density at radius 3 is 2.75 bits per heavy atom. The molecule has 0 bridgehead atoms. The summed E-state index contributed by atoms with van der Waals surface area (Å²) < 4.78 is 0. The fourth-order valence-electron chi connectivity index (χ4n) is 4.61. The van der Waals surface area contributed by atoms with Gasteiger partial charge in [0.15, 0.2) is 0 Å².